The van der Waals surface area contributed by atoms with E-state index in [2.05, 4.69) is 16.8 Å². The van der Waals surface area contributed by atoms with Gasteiger partial charge in [-0.2, -0.15) is 0 Å². The van der Waals surface area contributed by atoms with E-state index < -0.39 is 0 Å². The maximum Gasteiger partial charge on any atom is 0.257 e. The Morgan fingerprint density at radius 1 is 1.23 bits per heavy atom. The zero-order chi connectivity index (χ0) is 15.3. The van der Waals surface area contributed by atoms with Crippen LogP contribution in [-0.2, 0) is 4.79 Å². The first-order chi connectivity index (χ1) is 10.6. The number of thioether (sulfide) groups is 1. The van der Waals surface area contributed by atoms with Crippen LogP contribution in [0.1, 0.15) is 12.8 Å². The van der Waals surface area contributed by atoms with Crippen LogP contribution < -0.4 is 4.90 Å². The van der Waals surface area contributed by atoms with Crippen molar-refractivity contribution in [3.63, 3.8) is 0 Å². The van der Waals surface area contributed by atoms with Gasteiger partial charge in [0.1, 0.15) is 6.04 Å². The molecular weight excluding hydrogens is 314 g/mol. The second-order valence-electron chi connectivity index (χ2n) is 6.24. The number of nitrogens with zero attached hydrogens (tertiary/aromatic N) is 3. The van der Waals surface area contributed by atoms with Gasteiger partial charge in [0.05, 0.1) is 10.6 Å². The van der Waals surface area contributed by atoms with E-state index in [9.17, 15) is 4.79 Å². The predicted octanol–water partition coefficient (Wildman–Crippen LogP) is 2.16. The lowest BCUT2D eigenvalue weighted by Crippen LogP contribution is -2.52. The fourth-order valence-electron chi connectivity index (χ4n) is 3.67. The van der Waals surface area contributed by atoms with Crippen LogP contribution in [0, 0.1) is 0 Å². The lowest BCUT2D eigenvalue weighted by molar-refractivity contribution is -0.119. The van der Waals surface area contributed by atoms with Crippen molar-refractivity contribution in [2.75, 3.05) is 30.8 Å². The van der Waals surface area contributed by atoms with E-state index in [-0.39, 0.29) is 16.8 Å². The Bertz CT molecular complexity index is 613. The van der Waals surface area contributed by atoms with Crippen LogP contribution in [0.3, 0.4) is 0 Å². The predicted molar refractivity (Wildman–Crippen MR) is 94.1 cm³/mol. The number of piperidine rings is 1. The summed E-state index contributed by atoms with van der Waals surface area (Å²) in [7, 11) is 2.16. The summed E-state index contributed by atoms with van der Waals surface area (Å²) in [5.41, 5.74) is 0.889. The molecule has 3 heterocycles. The SMILES string of the molecule is CN1CCC2(CC1)SC[C@H]1C(=O)N(c3ccccc3)C(=S)N12. The van der Waals surface area contributed by atoms with Crippen molar-refractivity contribution in [2.45, 2.75) is 23.8 Å². The molecule has 4 nitrogen and oxygen atoms in total. The third-order valence-corrected chi connectivity index (χ3v) is 6.95. The van der Waals surface area contributed by atoms with Gasteiger partial charge in [0.15, 0.2) is 5.11 Å². The minimum atomic E-state index is -0.0823. The van der Waals surface area contributed by atoms with E-state index in [1.165, 1.54) is 0 Å². The normalized spacial score (nSPS) is 27.8. The first-order valence-electron chi connectivity index (χ1n) is 7.67. The van der Waals surface area contributed by atoms with Gasteiger partial charge < -0.3 is 9.80 Å². The summed E-state index contributed by atoms with van der Waals surface area (Å²) in [5, 5.41) is 0.691. The number of benzene rings is 1. The Kier molecular flexibility index (Phi) is 3.43. The van der Waals surface area contributed by atoms with Gasteiger partial charge in [0, 0.05) is 18.8 Å². The van der Waals surface area contributed by atoms with Gasteiger partial charge in [-0.25, -0.2) is 0 Å². The van der Waals surface area contributed by atoms with Gasteiger partial charge in [-0.15, -0.1) is 11.8 Å². The van der Waals surface area contributed by atoms with Crippen LogP contribution in [0.4, 0.5) is 5.69 Å². The monoisotopic (exact) mass is 333 g/mol. The Morgan fingerprint density at radius 3 is 2.59 bits per heavy atom. The molecule has 0 bridgehead atoms. The number of fused-ring (bicyclic) bond motifs is 2. The Balaban J connectivity index is 1.67. The number of thiocarbonyl (C=S) groups is 1. The van der Waals surface area contributed by atoms with Gasteiger partial charge in [-0.3, -0.25) is 9.69 Å². The highest BCUT2D eigenvalue weighted by molar-refractivity contribution is 8.01. The second-order valence-corrected chi connectivity index (χ2v) is 7.99. The van der Waals surface area contributed by atoms with Crippen LogP contribution in [0.2, 0.25) is 0 Å². The molecule has 3 aliphatic rings. The molecule has 3 fully saturated rings. The van der Waals surface area contributed by atoms with Gasteiger partial charge in [-0.05, 0) is 44.2 Å². The van der Waals surface area contributed by atoms with Crippen LogP contribution in [0.15, 0.2) is 30.3 Å². The van der Waals surface area contributed by atoms with Gasteiger partial charge in [-0.1, -0.05) is 18.2 Å². The van der Waals surface area contributed by atoms with Crippen molar-refractivity contribution in [2.24, 2.45) is 0 Å². The standard InChI is InChI=1S/C16H19N3OS2/c1-17-9-7-16(8-10-17)19-13(11-22-16)14(20)18(15(19)21)12-5-3-2-4-6-12/h2-6,13H,7-11H2,1H3/t13-/m0/s1. The van der Waals surface area contributed by atoms with Crippen LogP contribution in [0.25, 0.3) is 0 Å². The first kappa shape index (κ1) is 14.5. The van der Waals surface area contributed by atoms with E-state index in [0.29, 0.717) is 5.11 Å². The van der Waals surface area contributed by atoms with E-state index in [1.807, 2.05) is 42.1 Å². The Morgan fingerprint density at radius 2 is 1.91 bits per heavy atom. The molecule has 22 heavy (non-hydrogen) atoms. The van der Waals surface area contributed by atoms with E-state index in [4.69, 9.17) is 12.2 Å². The molecule has 1 amide bonds. The molecule has 1 aromatic rings. The molecule has 0 saturated carbocycles. The molecule has 116 valence electrons. The molecule has 3 saturated heterocycles. The second kappa shape index (κ2) is 5.22. The summed E-state index contributed by atoms with van der Waals surface area (Å²) < 4.78 is 0. The lowest BCUT2D eigenvalue weighted by atomic mass is 10.0. The average molecular weight is 333 g/mol. The van der Waals surface area contributed by atoms with Crippen molar-refractivity contribution in [1.29, 1.82) is 0 Å². The van der Waals surface area contributed by atoms with Crippen LogP contribution >= 0.6 is 24.0 Å². The number of carbonyl (C=O) groups is 1. The van der Waals surface area contributed by atoms with E-state index >= 15 is 0 Å². The Labute approximate surface area is 140 Å². The van der Waals surface area contributed by atoms with Gasteiger partial charge in [0.25, 0.3) is 5.91 Å². The number of amides is 1. The fourth-order valence-corrected chi connectivity index (χ4v) is 5.81. The summed E-state index contributed by atoms with van der Waals surface area (Å²) in [6, 6.07) is 9.70. The number of carbonyl (C=O) groups excluding carboxylic acids is 1. The number of likely N-dealkylation sites (tertiary alicyclic amines) is 1. The summed E-state index contributed by atoms with van der Waals surface area (Å²) in [6.45, 7) is 2.14. The molecule has 0 N–H and O–H groups in total. The summed E-state index contributed by atoms with van der Waals surface area (Å²) >= 11 is 7.65. The summed E-state index contributed by atoms with van der Waals surface area (Å²) in [5.74, 6) is 0.992. The number of para-hydroxylation sites is 1. The maximum absolute atomic E-state index is 12.9. The molecule has 4 rings (SSSR count). The minimum absolute atomic E-state index is 0.0213. The molecule has 0 radical (unpaired) electrons. The molecule has 3 aliphatic heterocycles. The molecule has 1 atom stereocenters. The van der Waals surface area contributed by atoms with Crippen LogP contribution in [-0.4, -0.2) is 57.6 Å². The third-order valence-electron chi connectivity index (χ3n) is 4.95. The van der Waals surface area contributed by atoms with Crippen LogP contribution in [0.5, 0.6) is 0 Å². The molecule has 6 heteroatoms. The summed E-state index contributed by atoms with van der Waals surface area (Å²) in [6.07, 6.45) is 2.14. The molecule has 1 aromatic carbocycles. The molecule has 0 unspecified atom stereocenters. The quantitative estimate of drug-likeness (QED) is 0.734. The highest BCUT2D eigenvalue weighted by atomic mass is 32.2. The fraction of sp³-hybridized carbons (Fsp3) is 0.500. The van der Waals surface area contributed by atoms with Crippen molar-refractivity contribution >= 4 is 40.7 Å². The highest BCUT2D eigenvalue weighted by Gasteiger charge is 2.58. The lowest BCUT2D eigenvalue weighted by Gasteiger charge is -2.43. The molecule has 0 aromatic heterocycles. The van der Waals surface area contributed by atoms with Crippen molar-refractivity contribution in [3.05, 3.63) is 30.3 Å². The number of hydrogen-bond acceptors (Lipinski definition) is 4. The maximum atomic E-state index is 12.9. The molecule has 1 spiro atoms. The van der Waals surface area contributed by atoms with Crippen molar-refractivity contribution in [3.8, 4) is 0 Å². The highest BCUT2D eigenvalue weighted by Crippen LogP contribution is 2.50. The largest absolute Gasteiger partial charge is 0.321 e. The Hall–Kier alpha value is -1.11. The van der Waals surface area contributed by atoms with E-state index in [0.717, 1.165) is 37.4 Å². The number of hydrogen-bond donors (Lipinski definition) is 0. The first-order valence-corrected chi connectivity index (χ1v) is 9.07. The van der Waals surface area contributed by atoms with Gasteiger partial charge >= 0.3 is 0 Å². The smallest absolute Gasteiger partial charge is 0.257 e. The zero-order valence-corrected chi connectivity index (χ0v) is 14.2. The van der Waals surface area contributed by atoms with Crippen molar-refractivity contribution < 1.29 is 4.79 Å². The number of anilines is 1. The number of rotatable bonds is 1. The summed E-state index contributed by atoms with van der Waals surface area (Å²) in [4.78, 5) is 19.2. The van der Waals surface area contributed by atoms with Crippen molar-refractivity contribution in [1.82, 2.24) is 9.80 Å². The topological polar surface area (TPSA) is 26.8 Å². The zero-order valence-electron chi connectivity index (χ0n) is 12.6. The average Bonchev–Trinajstić information content (AvgIpc) is 3.02. The third kappa shape index (κ3) is 2.01. The van der Waals surface area contributed by atoms with E-state index in [1.54, 1.807) is 4.90 Å². The molecular formula is C16H19N3OS2. The molecule has 0 aliphatic carbocycles. The van der Waals surface area contributed by atoms with Gasteiger partial charge in [0.2, 0.25) is 0 Å². The minimum Gasteiger partial charge on any atom is -0.321 e.